The quantitative estimate of drug-likeness (QED) is 0.877. The summed E-state index contributed by atoms with van der Waals surface area (Å²) in [6, 6.07) is 12.8. The lowest BCUT2D eigenvalue weighted by molar-refractivity contribution is -0.117. The molecule has 2 aromatic carbocycles. The molecule has 1 N–H and O–H groups in total. The highest BCUT2D eigenvalue weighted by molar-refractivity contribution is 6.30. The van der Waals surface area contributed by atoms with Crippen molar-refractivity contribution in [1.29, 1.82) is 0 Å². The Labute approximate surface area is 147 Å². The summed E-state index contributed by atoms with van der Waals surface area (Å²) in [6.07, 6.45) is 0.217. The Morgan fingerprint density at radius 3 is 2.29 bits per heavy atom. The number of anilines is 2. The van der Waals surface area contributed by atoms with E-state index in [-0.39, 0.29) is 18.2 Å². The van der Waals surface area contributed by atoms with E-state index in [9.17, 15) is 9.59 Å². The Balaban J connectivity index is 1.98. The average molecular weight is 345 g/mol. The van der Waals surface area contributed by atoms with Crippen molar-refractivity contribution in [2.45, 2.75) is 27.2 Å². The Kier molecular flexibility index (Phi) is 5.99. The highest BCUT2D eigenvalue weighted by Crippen LogP contribution is 2.19. The zero-order valence-corrected chi connectivity index (χ0v) is 14.9. The van der Waals surface area contributed by atoms with Gasteiger partial charge in [-0.15, -0.1) is 0 Å². The van der Waals surface area contributed by atoms with Gasteiger partial charge in [-0.2, -0.15) is 0 Å². The second-order valence-electron chi connectivity index (χ2n) is 5.74. The number of aryl methyl sites for hydroxylation is 2. The van der Waals surface area contributed by atoms with Gasteiger partial charge in [0, 0.05) is 36.3 Å². The predicted octanol–water partition coefficient (Wildman–Crippen LogP) is 4.34. The molecule has 0 atom stereocenters. The van der Waals surface area contributed by atoms with E-state index < -0.39 is 0 Å². The molecular formula is C19H21ClN2O2. The highest BCUT2D eigenvalue weighted by atomic mass is 35.5. The summed E-state index contributed by atoms with van der Waals surface area (Å²) in [5.41, 5.74) is 3.80. The van der Waals surface area contributed by atoms with Crippen LogP contribution >= 0.6 is 11.6 Å². The van der Waals surface area contributed by atoms with Crippen LogP contribution in [0.15, 0.2) is 42.5 Å². The Morgan fingerprint density at radius 2 is 1.71 bits per heavy atom. The van der Waals surface area contributed by atoms with E-state index in [1.54, 1.807) is 29.2 Å². The van der Waals surface area contributed by atoms with Crippen molar-refractivity contribution in [2.24, 2.45) is 0 Å². The van der Waals surface area contributed by atoms with Crippen molar-refractivity contribution >= 4 is 34.8 Å². The van der Waals surface area contributed by atoms with Crippen molar-refractivity contribution in [1.82, 2.24) is 0 Å². The molecule has 5 heteroatoms. The van der Waals surface area contributed by atoms with Gasteiger partial charge in [-0.3, -0.25) is 9.59 Å². The number of benzene rings is 2. The maximum atomic E-state index is 12.2. The van der Waals surface area contributed by atoms with Gasteiger partial charge in [0.2, 0.25) is 11.8 Å². The molecule has 24 heavy (non-hydrogen) atoms. The zero-order chi connectivity index (χ0) is 17.7. The lowest BCUT2D eigenvalue weighted by Gasteiger charge is -2.21. The summed E-state index contributed by atoms with van der Waals surface area (Å²) in [5, 5.41) is 3.47. The first-order chi connectivity index (χ1) is 11.4. The van der Waals surface area contributed by atoms with Crippen LogP contribution in [-0.2, 0) is 9.59 Å². The minimum absolute atomic E-state index is 0.115. The largest absolute Gasteiger partial charge is 0.326 e. The van der Waals surface area contributed by atoms with E-state index in [0.717, 1.165) is 16.9 Å². The van der Waals surface area contributed by atoms with Gasteiger partial charge in [-0.05, 0) is 61.4 Å². The molecule has 0 aliphatic heterocycles. The number of hydrogen-bond acceptors (Lipinski definition) is 2. The second kappa shape index (κ2) is 7.97. The maximum absolute atomic E-state index is 12.2. The number of hydrogen-bond donors (Lipinski definition) is 1. The first-order valence-corrected chi connectivity index (χ1v) is 8.15. The molecular weight excluding hydrogens is 324 g/mol. The number of amides is 2. The van der Waals surface area contributed by atoms with Gasteiger partial charge in [0.1, 0.15) is 0 Å². The van der Waals surface area contributed by atoms with Crippen molar-refractivity contribution in [2.75, 3.05) is 16.8 Å². The molecule has 0 aromatic heterocycles. The monoisotopic (exact) mass is 344 g/mol. The molecule has 2 rings (SSSR count). The van der Waals surface area contributed by atoms with Crippen LogP contribution in [0.3, 0.4) is 0 Å². The molecule has 0 fully saturated rings. The van der Waals surface area contributed by atoms with Crippen molar-refractivity contribution in [3.8, 4) is 0 Å². The van der Waals surface area contributed by atoms with Crippen LogP contribution in [0.2, 0.25) is 5.02 Å². The van der Waals surface area contributed by atoms with Gasteiger partial charge in [0.05, 0.1) is 0 Å². The van der Waals surface area contributed by atoms with Gasteiger partial charge in [0.25, 0.3) is 0 Å². The number of nitrogens with zero attached hydrogens (tertiary/aromatic N) is 1. The minimum Gasteiger partial charge on any atom is -0.326 e. The number of nitrogens with one attached hydrogen (secondary N) is 1. The van der Waals surface area contributed by atoms with Crippen LogP contribution in [0.5, 0.6) is 0 Å². The normalized spacial score (nSPS) is 10.3. The molecule has 2 aromatic rings. The zero-order valence-electron chi connectivity index (χ0n) is 14.1. The van der Waals surface area contributed by atoms with E-state index in [1.807, 2.05) is 32.0 Å². The molecule has 0 unspecified atom stereocenters. The van der Waals surface area contributed by atoms with Gasteiger partial charge in [-0.1, -0.05) is 17.7 Å². The third-order valence-corrected chi connectivity index (χ3v) is 4.12. The molecule has 4 nitrogen and oxygen atoms in total. The molecule has 0 saturated carbocycles. The fourth-order valence-corrected chi connectivity index (χ4v) is 2.47. The number of rotatable bonds is 5. The third kappa shape index (κ3) is 4.83. The molecule has 0 bridgehead atoms. The smallest absolute Gasteiger partial charge is 0.226 e. The molecule has 2 amide bonds. The number of carbonyl (C=O) groups is 2. The SMILES string of the molecule is CC(=O)N(CCC(=O)Nc1ccc(C)c(C)c1)c1ccc(Cl)cc1. The lowest BCUT2D eigenvalue weighted by atomic mass is 10.1. The summed E-state index contributed by atoms with van der Waals surface area (Å²) in [6.45, 7) is 5.82. The summed E-state index contributed by atoms with van der Waals surface area (Å²) in [7, 11) is 0. The highest BCUT2D eigenvalue weighted by Gasteiger charge is 2.13. The second-order valence-corrected chi connectivity index (χ2v) is 6.18. The fraction of sp³-hybridized carbons (Fsp3) is 0.263. The molecule has 0 aliphatic carbocycles. The van der Waals surface area contributed by atoms with Gasteiger partial charge in [0.15, 0.2) is 0 Å². The van der Waals surface area contributed by atoms with Crippen molar-refractivity contribution in [3.05, 3.63) is 58.6 Å². The van der Waals surface area contributed by atoms with E-state index in [2.05, 4.69) is 5.32 Å². The van der Waals surface area contributed by atoms with Gasteiger partial charge >= 0.3 is 0 Å². The van der Waals surface area contributed by atoms with Crippen LogP contribution in [-0.4, -0.2) is 18.4 Å². The van der Waals surface area contributed by atoms with E-state index in [0.29, 0.717) is 11.6 Å². The first-order valence-electron chi connectivity index (χ1n) is 7.77. The summed E-state index contributed by atoms with van der Waals surface area (Å²) < 4.78 is 0. The number of halogens is 1. The van der Waals surface area contributed by atoms with Crippen LogP contribution in [0.25, 0.3) is 0 Å². The van der Waals surface area contributed by atoms with Crippen LogP contribution in [0.4, 0.5) is 11.4 Å². The molecule has 126 valence electrons. The predicted molar refractivity (Wildman–Crippen MR) is 98.6 cm³/mol. The van der Waals surface area contributed by atoms with Crippen LogP contribution < -0.4 is 10.2 Å². The van der Waals surface area contributed by atoms with Crippen molar-refractivity contribution in [3.63, 3.8) is 0 Å². The van der Waals surface area contributed by atoms with E-state index in [1.165, 1.54) is 12.5 Å². The summed E-state index contributed by atoms with van der Waals surface area (Å²) in [5.74, 6) is -0.241. The molecule has 0 spiro atoms. The topological polar surface area (TPSA) is 49.4 Å². The fourth-order valence-electron chi connectivity index (χ4n) is 2.35. The maximum Gasteiger partial charge on any atom is 0.226 e. The first kappa shape index (κ1) is 18.0. The third-order valence-electron chi connectivity index (χ3n) is 3.87. The van der Waals surface area contributed by atoms with Crippen molar-refractivity contribution < 1.29 is 9.59 Å². The van der Waals surface area contributed by atoms with E-state index >= 15 is 0 Å². The molecule has 0 radical (unpaired) electrons. The lowest BCUT2D eigenvalue weighted by Crippen LogP contribution is -2.31. The average Bonchev–Trinajstić information content (AvgIpc) is 2.52. The van der Waals surface area contributed by atoms with Crippen LogP contribution in [0.1, 0.15) is 24.5 Å². The van der Waals surface area contributed by atoms with Gasteiger partial charge in [-0.25, -0.2) is 0 Å². The standard InChI is InChI=1S/C19H21ClN2O2/c1-13-4-7-17(12-14(13)2)21-19(24)10-11-22(15(3)23)18-8-5-16(20)6-9-18/h4-9,12H,10-11H2,1-3H3,(H,21,24). The van der Waals surface area contributed by atoms with E-state index in [4.69, 9.17) is 11.6 Å². The minimum atomic E-state index is -0.126. The summed E-state index contributed by atoms with van der Waals surface area (Å²) >= 11 is 5.87. The number of carbonyl (C=O) groups excluding carboxylic acids is 2. The van der Waals surface area contributed by atoms with Gasteiger partial charge < -0.3 is 10.2 Å². The molecule has 0 saturated heterocycles. The summed E-state index contributed by atoms with van der Waals surface area (Å²) in [4.78, 5) is 25.6. The van der Waals surface area contributed by atoms with Crippen LogP contribution in [0, 0.1) is 13.8 Å². The molecule has 0 heterocycles. The molecule has 0 aliphatic rings. The Hall–Kier alpha value is -2.33. The Bertz CT molecular complexity index is 742. The Morgan fingerprint density at radius 1 is 1.04 bits per heavy atom.